The first-order valence-corrected chi connectivity index (χ1v) is 6.75. The summed E-state index contributed by atoms with van der Waals surface area (Å²) >= 11 is 0. The Morgan fingerprint density at radius 2 is 2.28 bits per heavy atom. The summed E-state index contributed by atoms with van der Waals surface area (Å²) < 4.78 is 11.0. The fraction of sp³-hybridized carbons (Fsp3) is 0.846. The predicted molar refractivity (Wildman–Crippen MR) is 68.2 cm³/mol. The highest BCUT2D eigenvalue weighted by molar-refractivity contribution is 5.09. The second-order valence-corrected chi connectivity index (χ2v) is 5.18. The topological polar surface area (TPSA) is 60.2 Å². The first kappa shape index (κ1) is 13.5. The molecule has 5 heteroatoms. The highest BCUT2D eigenvalue weighted by Crippen LogP contribution is 2.34. The quantitative estimate of drug-likeness (QED) is 0.872. The Morgan fingerprint density at radius 3 is 2.78 bits per heavy atom. The Kier molecular flexibility index (Phi) is 3.73. The molecule has 1 N–H and O–H groups in total. The van der Waals surface area contributed by atoms with Crippen LogP contribution in [-0.2, 0) is 15.9 Å². The van der Waals surface area contributed by atoms with E-state index in [-0.39, 0.29) is 5.54 Å². The summed E-state index contributed by atoms with van der Waals surface area (Å²) in [4.78, 5) is 4.58. The van der Waals surface area contributed by atoms with E-state index in [4.69, 9.17) is 9.26 Å². The van der Waals surface area contributed by atoms with Gasteiger partial charge in [-0.25, -0.2) is 0 Å². The Bertz CT molecular complexity index is 393. The van der Waals surface area contributed by atoms with Gasteiger partial charge in [0.15, 0.2) is 0 Å². The summed E-state index contributed by atoms with van der Waals surface area (Å²) in [5.74, 6) is 1.35. The fourth-order valence-electron chi connectivity index (χ4n) is 2.47. The smallest absolute Gasteiger partial charge is 0.247 e. The number of methoxy groups -OCH3 is 1. The predicted octanol–water partition coefficient (Wildman–Crippen LogP) is 2.33. The lowest BCUT2D eigenvalue weighted by molar-refractivity contribution is -0.0106. The highest BCUT2D eigenvalue weighted by Gasteiger charge is 2.40. The molecule has 0 aromatic carbocycles. The van der Waals surface area contributed by atoms with Crippen LogP contribution in [0, 0.1) is 0 Å². The molecule has 0 amide bonds. The van der Waals surface area contributed by atoms with E-state index in [0.717, 1.165) is 32.2 Å². The third kappa shape index (κ3) is 2.06. The summed E-state index contributed by atoms with van der Waals surface area (Å²) in [6.45, 7) is 7.21. The van der Waals surface area contributed by atoms with Crippen LogP contribution in [0.15, 0.2) is 4.52 Å². The molecule has 0 radical (unpaired) electrons. The summed E-state index contributed by atoms with van der Waals surface area (Å²) in [7, 11) is 1.68. The van der Waals surface area contributed by atoms with Gasteiger partial charge in [-0.2, -0.15) is 4.98 Å². The lowest BCUT2D eigenvalue weighted by atomic mass is 9.94. The van der Waals surface area contributed by atoms with Crippen LogP contribution in [0.5, 0.6) is 0 Å². The molecule has 1 aliphatic rings. The zero-order valence-electron chi connectivity index (χ0n) is 11.7. The van der Waals surface area contributed by atoms with Crippen molar-refractivity contribution in [3.8, 4) is 0 Å². The average molecular weight is 253 g/mol. The summed E-state index contributed by atoms with van der Waals surface area (Å²) in [5.41, 5.74) is -0.594. The molecular formula is C13H23N3O2. The SMILES string of the molecule is CCC1(c2nc(C(C)(CC)OC)no2)CCCN1. The molecule has 1 fully saturated rings. The molecule has 1 aromatic rings. The van der Waals surface area contributed by atoms with Crippen molar-refractivity contribution in [3.05, 3.63) is 11.7 Å². The van der Waals surface area contributed by atoms with Crippen LogP contribution in [0.4, 0.5) is 0 Å². The maximum absolute atomic E-state index is 5.51. The first-order valence-electron chi connectivity index (χ1n) is 6.75. The molecule has 102 valence electrons. The van der Waals surface area contributed by atoms with E-state index in [2.05, 4.69) is 29.3 Å². The Hall–Kier alpha value is -0.940. The molecule has 1 saturated heterocycles. The van der Waals surface area contributed by atoms with Crippen molar-refractivity contribution in [2.24, 2.45) is 0 Å². The van der Waals surface area contributed by atoms with Crippen LogP contribution in [0.25, 0.3) is 0 Å². The van der Waals surface area contributed by atoms with Gasteiger partial charge in [-0.3, -0.25) is 0 Å². The van der Waals surface area contributed by atoms with Crippen molar-refractivity contribution in [2.75, 3.05) is 13.7 Å². The van der Waals surface area contributed by atoms with Crippen LogP contribution < -0.4 is 5.32 Å². The lowest BCUT2D eigenvalue weighted by Crippen LogP contribution is -2.36. The van der Waals surface area contributed by atoms with E-state index in [0.29, 0.717) is 11.7 Å². The molecule has 2 heterocycles. The van der Waals surface area contributed by atoms with Gasteiger partial charge in [-0.1, -0.05) is 19.0 Å². The lowest BCUT2D eigenvalue weighted by Gasteiger charge is -2.24. The van der Waals surface area contributed by atoms with Gasteiger partial charge in [0.05, 0.1) is 5.54 Å². The number of hydrogen-bond donors (Lipinski definition) is 1. The molecule has 5 nitrogen and oxygen atoms in total. The largest absolute Gasteiger partial charge is 0.370 e. The zero-order valence-corrected chi connectivity index (χ0v) is 11.7. The van der Waals surface area contributed by atoms with Crippen LogP contribution in [0.2, 0.25) is 0 Å². The van der Waals surface area contributed by atoms with Gasteiger partial charge in [-0.15, -0.1) is 0 Å². The third-order valence-electron chi connectivity index (χ3n) is 4.28. The maximum atomic E-state index is 5.51. The molecule has 2 rings (SSSR count). The van der Waals surface area contributed by atoms with Gasteiger partial charge in [0.25, 0.3) is 0 Å². The zero-order chi connectivity index (χ0) is 13.2. The fourth-order valence-corrected chi connectivity index (χ4v) is 2.47. The number of hydrogen-bond acceptors (Lipinski definition) is 5. The van der Waals surface area contributed by atoms with Gasteiger partial charge < -0.3 is 14.6 Å². The molecule has 0 aliphatic carbocycles. The third-order valence-corrected chi connectivity index (χ3v) is 4.28. The standard InChI is InChI=1S/C13H23N3O2/c1-5-12(3,17-4)10-15-11(18-16-10)13(6-2)8-7-9-14-13/h14H,5-9H2,1-4H3. The number of ether oxygens (including phenoxy) is 1. The average Bonchev–Trinajstić information content (AvgIpc) is 3.06. The molecular weight excluding hydrogens is 230 g/mol. The number of nitrogens with one attached hydrogen (secondary N) is 1. The van der Waals surface area contributed by atoms with Crippen molar-refractivity contribution in [1.82, 2.24) is 15.5 Å². The van der Waals surface area contributed by atoms with E-state index in [1.165, 1.54) is 0 Å². The molecule has 1 aliphatic heterocycles. The van der Waals surface area contributed by atoms with Crippen LogP contribution in [0.1, 0.15) is 58.2 Å². The molecule has 0 bridgehead atoms. The minimum atomic E-state index is -0.463. The van der Waals surface area contributed by atoms with E-state index < -0.39 is 5.60 Å². The van der Waals surface area contributed by atoms with E-state index in [1.54, 1.807) is 7.11 Å². The summed E-state index contributed by atoms with van der Waals surface area (Å²) in [6, 6.07) is 0. The Morgan fingerprint density at radius 1 is 1.50 bits per heavy atom. The van der Waals surface area contributed by atoms with Crippen LogP contribution in [-0.4, -0.2) is 23.8 Å². The minimum Gasteiger partial charge on any atom is -0.370 e. The van der Waals surface area contributed by atoms with E-state index >= 15 is 0 Å². The van der Waals surface area contributed by atoms with Gasteiger partial charge >= 0.3 is 0 Å². The normalized spacial score (nSPS) is 27.3. The maximum Gasteiger partial charge on any atom is 0.247 e. The Labute approximate surface area is 108 Å². The van der Waals surface area contributed by atoms with Crippen molar-refractivity contribution >= 4 is 0 Å². The molecule has 18 heavy (non-hydrogen) atoms. The van der Waals surface area contributed by atoms with Crippen LogP contribution in [0.3, 0.4) is 0 Å². The van der Waals surface area contributed by atoms with Gasteiger partial charge in [-0.05, 0) is 39.2 Å². The van der Waals surface area contributed by atoms with Gasteiger partial charge in [0.1, 0.15) is 5.60 Å². The monoisotopic (exact) mass is 253 g/mol. The van der Waals surface area contributed by atoms with Gasteiger partial charge in [0.2, 0.25) is 11.7 Å². The van der Waals surface area contributed by atoms with Crippen LogP contribution >= 0.6 is 0 Å². The second-order valence-electron chi connectivity index (χ2n) is 5.18. The first-order chi connectivity index (χ1) is 8.60. The molecule has 2 unspecified atom stereocenters. The molecule has 0 spiro atoms. The molecule has 1 aromatic heterocycles. The summed E-state index contributed by atoms with van der Waals surface area (Å²) in [6.07, 6.45) is 3.99. The van der Waals surface area contributed by atoms with Gasteiger partial charge in [0, 0.05) is 7.11 Å². The summed E-state index contributed by atoms with van der Waals surface area (Å²) in [5, 5.41) is 7.62. The molecule has 2 atom stereocenters. The van der Waals surface area contributed by atoms with E-state index in [1.807, 2.05) is 6.92 Å². The van der Waals surface area contributed by atoms with Crippen molar-refractivity contribution in [1.29, 1.82) is 0 Å². The number of aromatic nitrogens is 2. The number of rotatable bonds is 5. The van der Waals surface area contributed by atoms with Crippen molar-refractivity contribution < 1.29 is 9.26 Å². The van der Waals surface area contributed by atoms with Crippen molar-refractivity contribution in [3.63, 3.8) is 0 Å². The molecule has 0 saturated carbocycles. The Balaban J connectivity index is 2.30. The van der Waals surface area contributed by atoms with Crippen molar-refractivity contribution in [2.45, 2.75) is 57.6 Å². The van der Waals surface area contributed by atoms with E-state index in [9.17, 15) is 0 Å². The second kappa shape index (κ2) is 4.97. The highest BCUT2D eigenvalue weighted by atomic mass is 16.5. The number of nitrogens with zero attached hydrogens (tertiary/aromatic N) is 2. The minimum absolute atomic E-state index is 0.131.